The Kier molecular flexibility index (Phi) is 5.64. The summed E-state index contributed by atoms with van der Waals surface area (Å²) in [5.74, 6) is 0.343. The van der Waals surface area contributed by atoms with Crippen molar-refractivity contribution in [3.8, 4) is 5.75 Å². The second kappa shape index (κ2) is 8.12. The fourth-order valence-corrected chi connectivity index (χ4v) is 3.14. The standard InChI is InChI=1S/C21H25N3O3/c1-23(2)17-6-8-18(9-7-17)24-14-16(12-20(24)25)21(26)22-13-15-4-10-19(27-3)11-5-15/h4-11,16H,12-14H2,1-3H3,(H,22,26). The Morgan fingerprint density at radius 2 is 1.81 bits per heavy atom. The van der Waals surface area contributed by atoms with Crippen LogP contribution in [0.3, 0.4) is 0 Å². The lowest BCUT2D eigenvalue weighted by Crippen LogP contribution is -2.32. The first-order valence-corrected chi connectivity index (χ1v) is 8.96. The lowest BCUT2D eigenvalue weighted by atomic mass is 10.1. The van der Waals surface area contributed by atoms with E-state index in [-0.39, 0.29) is 24.2 Å². The van der Waals surface area contributed by atoms with E-state index in [1.807, 2.05) is 67.5 Å². The zero-order chi connectivity index (χ0) is 19.4. The summed E-state index contributed by atoms with van der Waals surface area (Å²) in [6.07, 6.45) is 0.240. The van der Waals surface area contributed by atoms with E-state index in [0.29, 0.717) is 13.1 Å². The summed E-state index contributed by atoms with van der Waals surface area (Å²) >= 11 is 0. The summed E-state index contributed by atoms with van der Waals surface area (Å²) in [5, 5.41) is 2.93. The maximum atomic E-state index is 12.5. The van der Waals surface area contributed by atoms with Gasteiger partial charge in [-0.05, 0) is 42.0 Å². The number of carbonyl (C=O) groups excluding carboxylic acids is 2. The van der Waals surface area contributed by atoms with Crippen LogP contribution in [0.4, 0.5) is 11.4 Å². The Labute approximate surface area is 159 Å². The highest BCUT2D eigenvalue weighted by atomic mass is 16.5. The highest BCUT2D eigenvalue weighted by Crippen LogP contribution is 2.27. The van der Waals surface area contributed by atoms with Gasteiger partial charge in [-0.25, -0.2) is 0 Å². The molecule has 1 aliphatic heterocycles. The number of nitrogens with one attached hydrogen (secondary N) is 1. The lowest BCUT2D eigenvalue weighted by molar-refractivity contribution is -0.126. The van der Waals surface area contributed by atoms with Crippen molar-refractivity contribution in [2.75, 3.05) is 37.5 Å². The third-order valence-corrected chi connectivity index (χ3v) is 4.80. The van der Waals surface area contributed by atoms with E-state index in [0.717, 1.165) is 22.7 Å². The quantitative estimate of drug-likeness (QED) is 0.852. The first-order valence-electron chi connectivity index (χ1n) is 8.96. The molecule has 1 aliphatic rings. The Morgan fingerprint density at radius 1 is 1.15 bits per heavy atom. The lowest BCUT2D eigenvalue weighted by Gasteiger charge is -2.19. The minimum atomic E-state index is -0.329. The zero-order valence-corrected chi connectivity index (χ0v) is 15.9. The Bertz CT molecular complexity index is 800. The number of amides is 2. The molecule has 1 fully saturated rings. The average Bonchev–Trinajstić information content (AvgIpc) is 3.08. The van der Waals surface area contributed by atoms with E-state index in [2.05, 4.69) is 5.32 Å². The highest BCUT2D eigenvalue weighted by molar-refractivity contribution is 6.00. The zero-order valence-electron chi connectivity index (χ0n) is 15.9. The molecule has 1 unspecified atom stereocenters. The third kappa shape index (κ3) is 4.39. The SMILES string of the molecule is COc1ccc(CNC(=O)C2CC(=O)N(c3ccc(N(C)C)cc3)C2)cc1. The minimum Gasteiger partial charge on any atom is -0.497 e. The van der Waals surface area contributed by atoms with Gasteiger partial charge in [0.15, 0.2) is 0 Å². The molecule has 0 aromatic heterocycles. The van der Waals surface area contributed by atoms with Gasteiger partial charge in [0, 0.05) is 45.0 Å². The predicted molar refractivity (Wildman–Crippen MR) is 106 cm³/mol. The predicted octanol–water partition coefficient (Wildman–Crippen LogP) is 2.43. The van der Waals surface area contributed by atoms with Gasteiger partial charge in [0.05, 0.1) is 13.0 Å². The number of nitrogens with zero attached hydrogens (tertiary/aromatic N) is 2. The molecule has 1 N–H and O–H groups in total. The number of benzene rings is 2. The van der Waals surface area contributed by atoms with Crippen LogP contribution in [0.15, 0.2) is 48.5 Å². The number of anilines is 2. The fourth-order valence-electron chi connectivity index (χ4n) is 3.14. The molecule has 2 aromatic rings. The number of hydrogen-bond donors (Lipinski definition) is 1. The normalized spacial score (nSPS) is 16.3. The van der Waals surface area contributed by atoms with Crippen molar-refractivity contribution in [2.45, 2.75) is 13.0 Å². The van der Waals surface area contributed by atoms with Gasteiger partial charge in [-0.15, -0.1) is 0 Å². The number of carbonyl (C=O) groups is 2. The maximum absolute atomic E-state index is 12.5. The number of ether oxygens (including phenoxy) is 1. The van der Waals surface area contributed by atoms with Crippen LogP contribution in [0, 0.1) is 5.92 Å². The molecule has 0 spiro atoms. The molecular weight excluding hydrogens is 342 g/mol. The minimum absolute atomic E-state index is 0.0165. The van der Waals surface area contributed by atoms with Crippen LogP contribution in [0.1, 0.15) is 12.0 Å². The van der Waals surface area contributed by atoms with Gasteiger partial charge in [-0.2, -0.15) is 0 Å². The molecule has 1 atom stereocenters. The number of rotatable bonds is 6. The van der Waals surface area contributed by atoms with Crippen LogP contribution < -0.4 is 19.9 Å². The molecule has 0 saturated carbocycles. The van der Waals surface area contributed by atoms with E-state index in [1.165, 1.54) is 0 Å². The second-order valence-corrected chi connectivity index (χ2v) is 6.88. The van der Waals surface area contributed by atoms with Gasteiger partial charge in [-0.1, -0.05) is 12.1 Å². The van der Waals surface area contributed by atoms with Crippen LogP contribution in [0.2, 0.25) is 0 Å². The highest BCUT2D eigenvalue weighted by Gasteiger charge is 2.34. The van der Waals surface area contributed by atoms with Crippen LogP contribution in [-0.4, -0.2) is 39.6 Å². The number of hydrogen-bond acceptors (Lipinski definition) is 4. The van der Waals surface area contributed by atoms with E-state index in [9.17, 15) is 9.59 Å². The van der Waals surface area contributed by atoms with Crippen LogP contribution in [0.5, 0.6) is 5.75 Å². The van der Waals surface area contributed by atoms with Gasteiger partial charge in [0.25, 0.3) is 0 Å². The fraction of sp³-hybridized carbons (Fsp3) is 0.333. The molecule has 0 aliphatic carbocycles. The molecule has 6 nitrogen and oxygen atoms in total. The molecule has 2 amide bonds. The molecule has 27 heavy (non-hydrogen) atoms. The van der Waals surface area contributed by atoms with Crippen molar-refractivity contribution in [3.05, 3.63) is 54.1 Å². The summed E-state index contributed by atoms with van der Waals surface area (Å²) in [7, 11) is 5.56. The summed E-state index contributed by atoms with van der Waals surface area (Å²) in [6.45, 7) is 0.847. The first-order chi connectivity index (χ1) is 13.0. The van der Waals surface area contributed by atoms with Gasteiger partial charge in [0.2, 0.25) is 11.8 Å². The topological polar surface area (TPSA) is 61.9 Å². The van der Waals surface area contributed by atoms with Crippen LogP contribution in [0.25, 0.3) is 0 Å². The summed E-state index contributed by atoms with van der Waals surface area (Å²) in [4.78, 5) is 28.6. The average molecular weight is 367 g/mol. The van der Waals surface area contributed by atoms with Crippen molar-refractivity contribution in [1.29, 1.82) is 0 Å². The summed E-state index contributed by atoms with van der Waals surface area (Å²) < 4.78 is 5.13. The molecule has 142 valence electrons. The Morgan fingerprint density at radius 3 is 2.41 bits per heavy atom. The van der Waals surface area contributed by atoms with Crippen LogP contribution in [-0.2, 0) is 16.1 Å². The van der Waals surface area contributed by atoms with Crippen molar-refractivity contribution < 1.29 is 14.3 Å². The van der Waals surface area contributed by atoms with E-state index in [4.69, 9.17) is 4.74 Å². The molecule has 1 heterocycles. The van der Waals surface area contributed by atoms with Gasteiger partial charge < -0.3 is 19.9 Å². The number of methoxy groups -OCH3 is 1. The van der Waals surface area contributed by atoms with Crippen molar-refractivity contribution >= 4 is 23.2 Å². The van der Waals surface area contributed by atoms with Crippen LogP contribution >= 0.6 is 0 Å². The van der Waals surface area contributed by atoms with Gasteiger partial charge >= 0.3 is 0 Å². The summed E-state index contributed by atoms with van der Waals surface area (Å²) in [6, 6.07) is 15.3. The molecule has 2 aromatic carbocycles. The Hall–Kier alpha value is -3.02. The van der Waals surface area contributed by atoms with Gasteiger partial charge in [0.1, 0.15) is 5.75 Å². The molecule has 0 bridgehead atoms. The molecule has 0 radical (unpaired) electrons. The molecule has 3 rings (SSSR count). The maximum Gasteiger partial charge on any atom is 0.227 e. The third-order valence-electron chi connectivity index (χ3n) is 4.80. The second-order valence-electron chi connectivity index (χ2n) is 6.88. The van der Waals surface area contributed by atoms with E-state index < -0.39 is 0 Å². The molecule has 1 saturated heterocycles. The van der Waals surface area contributed by atoms with Gasteiger partial charge in [-0.3, -0.25) is 9.59 Å². The smallest absolute Gasteiger partial charge is 0.227 e. The molecular formula is C21H25N3O3. The van der Waals surface area contributed by atoms with E-state index in [1.54, 1.807) is 12.0 Å². The van der Waals surface area contributed by atoms with E-state index >= 15 is 0 Å². The Balaban J connectivity index is 1.58. The molecule has 6 heteroatoms. The summed E-state index contributed by atoms with van der Waals surface area (Å²) in [5.41, 5.74) is 2.89. The monoisotopic (exact) mass is 367 g/mol. The largest absolute Gasteiger partial charge is 0.497 e. The van der Waals surface area contributed by atoms with Crippen molar-refractivity contribution in [2.24, 2.45) is 5.92 Å². The van der Waals surface area contributed by atoms with Crippen molar-refractivity contribution in [3.63, 3.8) is 0 Å². The van der Waals surface area contributed by atoms with Crippen molar-refractivity contribution in [1.82, 2.24) is 5.32 Å². The first kappa shape index (κ1) is 18.8.